The summed E-state index contributed by atoms with van der Waals surface area (Å²) < 4.78 is 27.4. The minimum Gasteiger partial charge on any atom is -0.467 e. The number of carbonyl (C=O) groups is 3. The number of thioether (sulfide) groups is 1. The molecule has 0 aliphatic carbocycles. The molecule has 2 aromatic carbocycles. The Morgan fingerprint density at radius 1 is 1.00 bits per heavy atom. The molecule has 284 valence electrons. The Kier molecular flexibility index (Phi) is 12.6. The number of methoxy groups -OCH3 is 1. The monoisotopic (exact) mass is 756 g/mol. The van der Waals surface area contributed by atoms with E-state index in [-0.39, 0.29) is 17.1 Å². The number of nitroso groups, excluding NO2 is 1. The quantitative estimate of drug-likeness (QED) is 0.0929. The highest BCUT2D eigenvalue weighted by atomic mass is 32.2. The van der Waals surface area contributed by atoms with Crippen molar-refractivity contribution >= 4 is 40.3 Å². The van der Waals surface area contributed by atoms with Crippen LogP contribution in [0.4, 0.5) is 0 Å². The summed E-state index contributed by atoms with van der Waals surface area (Å²) in [7, 11) is 0.552. The molecule has 0 N–H and O–H groups in total. The van der Waals surface area contributed by atoms with Crippen molar-refractivity contribution in [3.05, 3.63) is 64.6 Å². The number of hydrogen-bond acceptors (Lipinski definition) is 10. The summed E-state index contributed by atoms with van der Waals surface area (Å²) in [5.41, 5.74) is 0.695. The van der Waals surface area contributed by atoms with E-state index in [1.165, 1.54) is 71.3 Å². The highest BCUT2D eigenvalue weighted by molar-refractivity contribution is 8.01. The second-order valence-corrected chi connectivity index (χ2v) is 18.5. The van der Waals surface area contributed by atoms with Crippen LogP contribution in [0.5, 0.6) is 11.5 Å². The summed E-state index contributed by atoms with van der Waals surface area (Å²) in [5, 5.41) is 4.15. The van der Waals surface area contributed by atoms with Crippen LogP contribution in [0.15, 0.2) is 53.8 Å². The van der Waals surface area contributed by atoms with E-state index in [0.29, 0.717) is 12.4 Å². The van der Waals surface area contributed by atoms with Gasteiger partial charge in [0.25, 0.3) is 5.91 Å². The molecule has 12 nitrogen and oxygen atoms in total. The number of benzene rings is 2. The number of fused-ring (bicyclic) bond motifs is 2. The Bertz CT molecular complexity index is 1640. The van der Waals surface area contributed by atoms with E-state index in [1.807, 2.05) is 38.1 Å². The number of unbranched alkanes of at least 4 members (excludes halogenated alkanes) is 5. The summed E-state index contributed by atoms with van der Waals surface area (Å²) in [6, 6.07) is 12.5. The van der Waals surface area contributed by atoms with E-state index in [2.05, 4.69) is 19.1 Å². The van der Waals surface area contributed by atoms with Crippen LogP contribution in [0.1, 0.15) is 97.2 Å². The zero-order valence-corrected chi connectivity index (χ0v) is 32.9. The van der Waals surface area contributed by atoms with E-state index in [4.69, 9.17) is 14.2 Å². The molecule has 0 aromatic heterocycles. The van der Waals surface area contributed by atoms with Gasteiger partial charge >= 0.3 is 5.97 Å². The molecular formula is C38H52N4O8S2. The maximum absolute atomic E-state index is 13.5. The molecule has 0 saturated carbocycles. The van der Waals surface area contributed by atoms with Gasteiger partial charge in [0.15, 0.2) is 17.5 Å². The summed E-state index contributed by atoms with van der Waals surface area (Å²) in [4.78, 5) is 53.8. The van der Waals surface area contributed by atoms with E-state index >= 15 is 0 Å². The number of ether oxygens (including phenoxy) is 3. The highest BCUT2D eigenvalue weighted by Gasteiger charge is 2.70. The van der Waals surface area contributed by atoms with Gasteiger partial charge in [0, 0.05) is 26.5 Å². The maximum Gasteiger partial charge on any atom is 0.330 e. The predicted octanol–water partition coefficient (Wildman–Crippen LogP) is 6.35. The molecule has 2 amide bonds. The van der Waals surface area contributed by atoms with Crippen molar-refractivity contribution in [2.24, 2.45) is 5.29 Å². The molecule has 0 bridgehead atoms. The van der Waals surface area contributed by atoms with Gasteiger partial charge in [-0.05, 0) is 63.8 Å². The molecule has 14 heteroatoms. The van der Waals surface area contributed by atoms with Gasteiger partial charge in [-0.1, -0.05) is 82.3 Å². The van der Waals surface area contributed by atoms with Crippen molar-refractivity contribution in [2.75, 3.05) is 19.7 Å². The Hall–Kier alpha value is -3.65. The summed E-state index contributed by atoms with van der Waals surface area (Å²) in [6.07, 6.45) is 8.32. The zero-order chi connectivity index (χ0) is 37.8. The summed E-state index contributed by atoms with van der Waals surface area (Å²) in [5.74, 6) is 1.29. The van der Waals surface area contributed by atoms with Crippen LogP contribution < -0.4 is 9.47 Å². The van der Waals surface area contributed by atoms with E-state index < -0.39 is 50.7 Å². The van der Waals surface area contributed by atoms with Crippen LogP contribution in [0.2, 0.25) is 0 Å². The normalized spacial score (nSPS) is 24.8. The summed E-state index contributed by atoms with van der Waals surface area (Å²) in [6.45, 7) is 11.8. The second-order valence-electron chi connectivity index (χ2n) is 14.7. The lowest BCUT2D eigenvalue weighted by Gasteiger charge is -2.50. The first-order chi connectivity index (χ1) is 24.8. The van der Waals surface area contributed by atoms with Gasteiger partial charge < -0.3 is 24.0 Å². The minimum absolute atomic E-state index is 0.191. The van der Waals surface area contributed by atoms with Crippen molar-refractivity contribution in [3.63, 3.8) is 0 Å². The predicted molar refractivity (Wildman–Crippen MR) is 202 cm³/mol. The van der Waals surface area contributed by atoms with Crippen LogP contribution in [-0.4, -0.2) is 89.6 Å². The van der Waals surface area contributed by atoms with Gasteiger partial charge in [0.05, 0.1) is 12.4 Å². The maximum atomic E-state index is 13.5. The number of hydrogen-bond donors (Lipinski definition) is 0. The van der Waals surface area contributed by atoms with E-state index in [9.17, 15) is 23.5 Å². The van der Waals surface area contributed by atoms with E-state index in [0.717, 1.165) is 30.1 Å². The lowest BCUT2D eigenvalue weighted by molar-refractivity contribution is -0.173. The molecule has 4 aliphatic heterocycles. The fourth-order valence-corrected chi connectivity index (χ4v) is 10.5. The smallest absolute Gasteiger partial charge is 0.330 e. The van der Waals surface area contributed by atoms with Gasteiger partial charge in [-0.25, -0.2) is 9.80 Å². The fraction of sp³-hybridized carbons (Fsp3) is 0.605. The molecule has 3 fully saturated rings. The Morgan fingerprint density at radius 2 is 1.67 bits per heavy atom. The summed E-state index contributed by atoms with van der Waals surface area (Å²) >= 11 is 1.46. The van der Waals surface area contributed by atoms with Crippen molar-refractivity contribution < 1.29 is 32.8 Å². The second kappa shape index (κ2) is 16.6. The number of esters is 1. The largest absolute Gasteiger partial charge is 0.467 e. The molecule has 52 heavy (non-hydrogen) atoms. The number of rotatable bonds is 14. The standard InChI is InChI=1S/C20H24N4O5S.C18H28O3S/c1-19(2)14(18(27)29-5)22-15(25)13(17(22)30-19)23-16(26)12(11-9-7-6-8-10-11)24(21-28)20(23,3)4;1-3-4-5-6-7-8-11-22(19)15(2)12-16-9-10-17-18(13-16)21-14-20-17/h6-10,12-14,17H,1-5H3;9-10,13,15H,3-8,11-12,14H2,1-2H3/t12?,13?,14-,17+;/m0./s1. The SMILES string of the molecule is CCCCCCCCS(=O)C(C)Cc1ccc2c(c1)OCO2.COC(=O)[C@@H]1N2C(=O)C(N3C(=O)C(c4ccccc4)N(N=O)C3(C)C)[C@H]2SC1(C)C. The number of β-lactam (4-membered cyclic amide) rings is 1. The lowest BCUT2D eigenvalue weighted by Crippen LogP contribution is -2.73. The van der Waals surface area contributed by atoms with Crippen LogP contribution in [-0.2, 0) is 36.3 Å². The average Bonchev–Trinajstić information content (AvgIpc) is 3.75. The highest BCUT2D eigenvalue weighted by Crippen LogP contribution is 2.55. The van der Waals surface area contributed by atoms with Crippen molar-refractivity contribution in [1.82, 2.24) is 14.8 Å². The van der Waals surface area contributed by atoms with Gasteiger partial charge in [0.2, 0.25) is 12.7 Å². The van der Waals surface area contributed by atoms with Crippen molar-refractivity contribution in [3.8, 4) is 11.5 Å². The van der Waals surface area contributed by atoms with Crippen LogP contribution in [0, 0.1) is 4.91 Å². The van der Waals surface area contributed by atoms with Crippen LogP contribution in [0.25, 0.3) is 0 Å². The first-order valence-corrected chi connectivity index (χ1v) is 20.4. The minimum atomic E-state index is -1.11. The van der Waals surface area contributed by atoms with Crippen molar-refractivity contribution in [2.45, 2.75) is 126 Å². The van der Waals surface area contributed by atoms with Crippen molar-refractivity contribution in [1.29, 1.82) is 0 Å². The molecule has 4 aliphatic rings. The average molecular weight is 757 g/mol. The topological polar surface area (TPSA) is 135 Å². The zero-order valence-electron chi connectivity index (χ0n) is 31.2. The number of amides is 2. The van der Waals surface area contributed by atoms with Crippen LogP contribution >= 0.6 is 11.8 Å². The van der Waals surface area contributed by atoms with Crippen LogP contribution in [0.3, 0.4) is 0 Å². The van der Waals surface area contributed by atoms with Gasteiger partial charge in [-0.3, -0.25) is 13.8 Å². The third-order valence-electron chi connectivity index (χ3n) is 10.3. The van der Waals surface area contributed by atoms with Gasteiger partial charge in [-0.2, -0.15) is 0 Å². The van der Waals surface area contributed by atoms with Gasteiger partial charge in [-0.15, -0.1) is 16.7 Å². The first-order valence-electron chi connectivity index (χ1n) is 18.1. The molecular weight excluding hydrogens is 705 g/mol. The number of carbonyl (C=O) groups excluding carboxylic acids is 3. The molecule has 6 rings (SSSR count). The molecule has 0 radical (unpaired) electrons. The number of nitrogens with zero attached hydrogens (tertiary/aromatic N) is 4. The fourth-order valence-electron chi connectivity index (χ4n) is 7.52. The lowest BCUT2D eigenvalue weighted by atomic mass is 9.94. The third-order valence-corrected chi connectivity index (χ3v) is 13.6. The third kappa shape index (κ3) is 7.83. The Labute approximate surface area is 313 Å². The molecule has 2 aromatic rings. The molecule has 4 unspecified atom stereocenters. The molecule has 4 heterocycles. The first kappa shape index (κ1) is 39.6. The van der Waals surface area contributed by atoms with Gasteiger partial charge in [0.1, 0.15) is 23.1 Å². The Morgan fingerprint density at radius 3 is 2.35 bits per heavy atom. The molecule has 0 spiro atoms. The Balaban J connectivity index is 0.000000212. The molecule has 3 saturated heterocycles. The molecule has 6 atom stereocenters. The van der Waals surface area contributed by atoms with E-state index in [1.54, 1.807) is 38.1 Å².